The minimum Gasteiger partial charge on any atom is -0.469 e. The predicted octanol–water partition coefficient (Wildman–Crippen LogP) is 2.69. The van der Waals surface area contributed by atoms with Gasteiger partial charge in [-0.25, -0.2) is 0 Å². The summed E-state index contributed by atoms with van der Waals surface area (Å²) in [7, 11) is 3.24. The summed E-state index contributed by atoms with van der Waals surface area (Å²) in [5.74, 6) is 0.884. The van der Waals surface area contributed by atoms with Crippen molar-refractivity contribution in [2.75, 3.05) is 33.8 Å². The highest BCUT2D eigenvalue weighted by Crippen LogP contribution is 2.48. The van der Waals surface area contributed by atoms with Crippen LogP contribution in [0.3, 0.4) is 0 Å². The monoisotopic (exact) mass is 363 g/mol. The van der Waals surface area contributed by atoms with Gasteiger partial charge in [-0.1, -0.05) is 30.7 Å². The smallest absolute Gasteiger partial charge is 0.310 e. The zero-order valence-corrected chi connectivity index (χ0v) is 15.8. The highest BCUT2D eigenvalue weighted by Gasteiger charge is 2.45. The summed E-state index contributed by atoms with van der Waals surface area (Å²) in [5, 5.41) is 4.29. The Balaban J connectivity index is 1.63. The molecule has 6 heteroatoms. The molecule has 136 valence electrons. The van der Waals surface area contributed by atoms with Crippen LogP contribution in [0.1, 0.15) is 25.3 Å². The minimum absolute atomic E-state index is 0.0913. The lowest BCUT2D eigenvalue weighted by molar-refractivity contribution is -0.145. The molecule has 0 radical (unpaired) electrons. The Morgan fingerprint density at radius 2 is 2.20 bits per heavy atom. The van der Waals surface area contributed by atoms with Crippen molar-refractivity contribution in [3.63, 3.8) is 0 Å². The molecule has 1 aliphatic heterocycles. The van der Waals surface area contributed by atoms with Crippen molar-refractivity contribution in [1.29, 1.82) is 0 Å². The molecule has 2 fully saturated rings. The summed E-state index contributed by atoms with van der Waals surface area (Å²) in [6.45, 7) is 4.37. The van der Waals surface area contributed by atoms with Crippen LogP contribution < -0.4 is 5.32 Å². The number of halogens is 1. The van der Waals surface area contributed by atoms with E-state index in [0.29, 0.717) is 6.54 Å². The lowest BCUT2D eigenvalue weighted by atomic mass is 9.96. The largest absolute Gasteiger partial charge is 0.469 e. The van der Waals surface area contributed by atoms with Gasteiger partial charge in [0, 0.05) is 37.1 Å². The van der Waals surface area contributed by atoms with E-state index >= 15 is 0 Å². The van der Waals surface area contributed by atoms with Gasteiger partial charge in [-0.2, -0.15) is 0 Å². The molecule has 1 saturated heterocycles. The molecule has 3 rings (SSSR count). The number of aliphatic imine (C=N–C) groups is 1. The van der Waals surface area contributed by atoms with Crippen molar-refractivity contribution in [2.24, 2.45) is 16.8 Å². The molecule has 1 aromatic carbocycles. The summed E-state index contributed by atoms with van der Waals surface area (Å²) in [5.41, 5.74) is 1.43. The molecule has 1 saturated carbocycles. The minimum atomic E-state index is -0.136. The van der Waals surface area contributed by atoms with Gasteiger partial charge in [0.2, 0.25) is 0 Å². The van der Waals surface area contributed by atoms with Crippen LogP contribution in [-0.2, 0) is 14.9 Å². The second-order valence-electron chi connectivity index (χ2n) is 7.20. The van der Waals surface area contributed by atoms with Crippen LogP contribution in [0.25, 0.3) is 0 Å². The molecule has 0 spiro atoms. The molecular formula is C19H26ClN3O2. The number of likely N-dealkylation sites (tertiary alicyclic amines) is 1. The van der Waals surface area contributed by atoms with E-state index in [2.05, 4.69) is 34.3 Å². The summed E-state index contributed by atoms with van der Waals surface area (Å²) in [6, 6.07) is 8.13. The molecule has 0 aromatic heterocycles. The summed E-state index contributed by atoms with van der Waals surface area (Å²) < 4.78 is 4.92. The first-order valence-corrected chi connectivity index (χ1v) is 9.16. The van der Waals surface area contributed by atoms with Gasteiger partial charge in [0.1, 0.15) is 0 Å². The van der Waals surface area contributed by atoms with Crippen LogP contribution in [0.4, 0.5) is 0 Å². The molecular weight excluding hydrogens is 338 g/mol. The Morgan fingerprint density at radius 1 is 1.44 bits per heavy atom. The molecule has 0 amide bonds. The van der Waals surface area contributed by atoms with Crippen molar-refractivity contribution in [1.82, 2.24) is 10.2 Å². The first-order chi connectivity index (χ1) is 12.0. The SMILES string of the molecule is CN=C(NCC1(c2cccc(Cl)c2)CC1)N1CC(C)C(C(=O)OC)C1. The Kier molecular flexibility index (Phi) is 5.23. The van der Waals surface area contributed by atoms with E-state index in [1.54, 1.807) is 7.05 Å². The number of rotatable bonds is 4. The highest BCUT2D eigenvalue weighted by atomic mass is 35.5. The summed E-state index contributed by atoms with van der Waals surface area (Å²) in [6.07, 6.45) is 2.30. The number of carbonyl (C=O) groups is 1. The van der Waals surface area contributed by atoms with Crippen LogP contribution in [-0.4, -0.2) is 50.6 Å². The molecule has 25 heavy (non-hydrogen) atoms. The first-order valence-electron chi connectivity index (χ1n) is 8.78. The van der Waals surface area contributed by atoms with Crippen LogP contribution in [0.2, 0.25) is 5.02 Å². The maximum atomic E-state index is 11.9. The van der Waals surface area contributed by atoms with E-state index in [4.69, 9.17) is 16.3 Å². The Bertz CT molecular complexity index is 672. The van der Waals surface area contributed by atoms with Gasteiger partial charge < -0.3 is 15.0 Å². The maximum Gasteiger partial charge on any atom is 0.310 e. The molecule has 2 unspecified atom stereocenters. The van der Waals surface area contributed by atoms with Crippen molar-refractivity contribution < 1.29 is 9.53 Å². The molecule has 0 bridgehead atoms. The molecule has 2 aliphatic rings. The zero-order valence-electron chi connectivity index (χ0n) is 15.1. The number of nitrogens with zero attached hydrogens (tertiary/aromatic N) is 2. The number of carbonyl (C=O) groups excluding carboxylic acids is 1. The predicted molar refractivity (Wildman–Crippen MR) is 100.0 cm³/mol. The molecule has 5 nitrogen and oxygen atoms in total. The van der Waals surface area contributed by atoms with Gasteiger partial charge in [0.15, 0.2) is 5.96 Å². The van der Waals surface area contributed by atoms with E-state index < -0.39 is 0 Å². The van der Waals surface area contributed by atoms with E-state index in [1.807, 2.05) is 12.1 Å². The van der Waals surface area contributed by atoms with E-state index in [-0.39, 0.29) is 23.2 Å². The first kappa shape index (κ1) is 18.1. The van der Waals surface area contributed by atoms with Gasteiger partial charge in [-0.3, -0.25) is 9.79 Å². The number of methoxy groups -OCH3 is 1. The van der Waals surface area contributed by atoms with Gasteiger partial charge >= 0.3 is 5.97 Å². The fourth-order valence-electron chi connectivity index (χ4n) is 3.72. The molecule has 1 aliphatic carbocycles. The number of benzene rings is 1. The van der Waals surface area contributed by atoms with Gasteiger partial charge in [-0.05, 0) is 36.5 Å². The number of hydrogen-bond acceptors (Lipinski definition) is 3. The molecule has 1 N–H and O–H groups in total. The van der Waals surface area contributed by atoms with Crippen LogP contribution >= 0.6 is 11.6 Å². The normalized spacial score (nSPS) is 25.0. The van der Waals surface area contributed by atoms with Crippen LogP contribution in [0.15, 0.2) is 29.3 Å². The van der Waals surface area contributed by atoms with Crippen molar-refractivity contribution in [2.45, 2.75) is 25.2 Å². The van der Waals surface area contributed by atoms with Gasteiger partial charge in [0.05, 0.1) is 13.0 Å². The number of nitrogens with one attached hydrogen (secondary N) is 1. The van der Waals surface area contributed by atoms with Gasteiger partial charge in [0.25, 0.3) is 0 Å². The standard InChI is InChI=1S/C19H26ClN3O2/c1-13-10-23(11-16(13)17(24)25-3)18(21-2)22-12-19(7-8-19)14-5-4-6-15(20)9-14/h4-6,9,13,16H,7-8,10-12H2,1-3H3,(H,21,22). The Hall–Kier alpha value is -1.75. The van der Waals surface area contributed by atoms with Gasteiger partial charge in [-0.15, -0.1) is 0 Å². The summed E-state index contributed by atoms with van der Waals surface area (Å²) in [4.78, 5) is 18.5. The topological polar surface area (TPSA) is 53.9 Å². The Labute approximate surface area is 154 Å². The maximum absolute atomic E-state index is 11.9. The number of ether oxygens (including phenoxy) is 1. The molecule has 2 atom stereocenters. The number of esters is 1. The third-order valence-corrected chi connectivity index (χ3v) is 5.74. The third-order valence-electron chi connectivity index (χ3n) is 5.50. The fraction of sp³-hybridized carbons (Fsp3) is 0.579. The highest BCUT2D eigenvalue weighted by molar-refractivity contribution is 6.30. The number of guanidine groups is 1. The summed E-state index contributed by atoms with van der Waals surface area (Å²) >= 11 is 6.15. The molecule has 1 aromatic rings. The Morgan fingerprint density at radius 3 is 2.80 bits per heavy atom. The van der Waals surface area contributed by atoms with E-state index in [1.165, 1.54) is 12.7 Å². The second kappa shape index (κ2) is 7.24. The lowest BCUT2D eigenvalue weighted by Crippen LogP contribution is -2.43. The van der Waals surface area contributed by atoms with Crippen molar-refractivity contribution >= 4 is 23.5 Å². The second-order valence-corrected chi connectivity index (χ2v) is 7.64. The molecule has 1 heterocycles. The lowest BCUT2D eigenvalue weighted by Gasteiger charge is -2.24. The zero-order chi connectivity index (χ0) is 18.0. The fourth-order valence-corrected chi connectivity index (χ4v) is 3.91. The number of hydrogen-bond donors (Lipinski definition) is 1. The van der Waals surface area contributed by atoms with E-state index in [9.17, 15) is 4.79 Å². The quantitative estimate of drug-likeness (QED) is 0.507. The van der Waals surface area contributed by atoms with Crippen molar-refractivity contribution in [3.05, 3.63) is 34.9 Å². The third kappa shape index (κ3) is 3.76. The van der Waals surface area contributed by atoms with Crippen LogP contribution in [0, 0.1) is 11.8 Å². The van der Waals surface area contributed by atoms with E-state index in [0.717, 1.165) is 36.9 Å². The average molecular weight is 364 g/mol. The van der Waals surface area contributed by atoms with Crippen molar-refractivity contribution in [3.8, 4) is 0 Å². The van der Waals surface area contributed by atoms with Crippen LogP contribution in [0.5, 0.6) is 0 Å². The average Bonchev–Trinajstić information content (AvgIpc) is 3.31.